The zero-order valence-electron chi connectivity index (χ0n) is 13.3. The van der Waals surface area contributed by atoms with Crippen LogP contribution in [-0.4, -0.2) is 23.5 Å². The van der Waals surface area contributed by atoms with Crippen LogP contribution in [0.15, 0.2) is 34.7 Å². The van der Waals surface area contributed by atoms with Crippen LogP contribution in [-0.2, 0) is 4.74 Å². The SMILES string of the molecule is CC(CC(=O)c1cc2ccccc2o1)NC(=O)OC(C)(C)C. The van der Waals surface area contributed by atoms with Crippen LogP contribution >= 0.6 is 0 Å². The number of nitrogens with one attached hydrogen (secondary N) is 1. The first kappa shape index (κ1) is 16.1. The van der Waals surface area contributed by atoms with Gasteiger partial charge in [0.05, 0.1) is 0 Å². The maximum absolute atomic E-state index is 12.2. The van der Waals surface area contributed by atoms with Gasteiger partial charge in [-0.2, -0.15) is 0 Å². The van der Waals surface area contributed by atoms with Gasteiger partial charge in [-0.1, -0.05) is 18.2 Å². The van der Waals surface area contributed by atoms with Crippen LogP contribution in [0.3, 0.4) is 0 Å². The third-order valence-electron chi connectivity index (χ3n) is 2.96. The van der Waals surface area contributed by atoms with Crippen molar-refractivity contribution in [2.24, 2.45) is 0 Å². The van der Waals surface area contributed by atoms with Gasteiger partial charge in [0, 0.05) is 17.8 Å². The van der Waals surface area contributed by atoms with E-state index in [0.717, 1.165) is 5.39 Å². The molecule has 0 saturated heterocycles. The fourth-order valence-corrected chi connectivity index (χ4v) is 2.06. The summed E-state index contributed by atoms with van der Waals surface area (Å²) in [7, 11) is 0. The molecule has 0 bridgehead atoms. The van der Waals surface area contributed by atoms with Crippen LogP contribution in [0, 0.1) is 0 Å². The molecular formula is C17H21NO4. The molecule has 1 heterocycles. The Morgan fingerprint density at radius 2 is 1.95 bits per heavy atom. The maximum Gasteiger partial charge on any atom is 0.407 e. The van der Waals surface area contributed by atoms with Gasteiger partial charge in [0.15, 0.2) is 11.5 Å². The van der Waals surface area contributed by atoms with Gasteiger partial charge >= 0.3 is 6.09 Å². The van der Waals surface area contributed by atoms with Crippen molar-refractivity contribution in [1.29, 1.82) is 0 Å². The standard InChI is InChI=1S/C17H21NO4/c1-11(18-16(20)22-17(2,3)4)9-13(19)15-10-12-7-5-6-8-14(12)21-15/h5-8,10-11H,9H2,1-4H3,(H,18,20). The third-order valence-corrected chi connectivity index (χ3v) is 2.96. The van der Waals surface area contributed by atoms with Crippen LogP contribution in [0.1, 0.15) is 44.7 Å². The van der Waals surface area contributed by atoms with Crippen LogP contribution in [0.25, 0.3) is 11.0 Å². The van der Waals surface area contributed by atoms with E-state index in [1.807, 2.05) is 24.3 Å². The molecule has 5 heteroatoms. The van der Waals surface area contributed by atoms with E-state index >= 15 is 0 Å². The Hall–Kier alpha value is -2.30. The van der Waals surface area contributed by atoms with Crippen molar-refractivity contribution >= 4 is 22.8 Å². The Morgan fingerprint density at radius 3 is 2.59 bits per heavy atom. The van der Waals surface area contributed by atoms with Crippen LogP contribution < -0.4 is 5.32 Å². The van der Waals surface area contributed by atoms with E-state index in [9.17, 15) is 9.59 Å². The Balaban J connectivity index is 1.95. The number of para-hydroxylation sites is 1. The van der Waals surface area contributed by atoms with E-state index in [4.69, 9.17) is 9.15 Å². The number of amides is 1. The summed E-state index contributed by atoms with van der Waals surface area (Å²) in [5, 5.41) is 3.53. The predicted octanol–water partition coefficient (Wildman–Crippen LogP) is 3.92. The second-order valence-electron chi connectivity index (χ2n) is 6.32. The molecule has 2 aromatic rings. The number of carbonyl (C=O) groups is 2. The van der Waals surface area contributed by atoms with Gasteiger partial charge in [0.2, 0.25) is 0 Å². The average Bonchev–Trinajstić information content (AvgIpc) is 2.79. The van der Waals surface area contributed by atoms with Crippen molar-refractivity contribution in [1.82, 2.24) is 5.32 Å². The van der Waals surface area contributed by atoms with Crippen molar-refractivity contribution in [2.45, 2.75) is 45.8 Å². The summed E-state index contributed by atoms with van der Waals surface area (Å²) in [6.45, 7) is 7.12. The molecule has 0 aliphatic carbocycles. The van der Waals surface area contributed by atoms with Gasteiger partial charge < -0.3 is 14.5 Å². The quantitative estimate of drug-likeness (QED) is 0.869. The van der Waals surface area contributed by atoms with Gasteiger partial charge in [-0.05, 0) is 39.8 Å². The first-order valence-corrected chi connectivity index (χ1v) is 7.26. The molecule has 0 spiro atoms. The van der Waals surface area contributed by atoms with Gasteiger partial charge in [-0.15, -0.1) is 0 Å². The van der Waals surface area contributed by atoms with E-state index < -0.39 is 11.7 Å². The lowest BCUT2D eigenvalue weighted by molar-refractivity contribution is 0.0506. The molecule has 1 amide bonds. The minimum Gasteiger partial charge on any atom is -0.453 e. The van der Waals surface area contributed by atoms with Crippen LogP contribution in [0.2, 0.25) is 0 Å². The summed E-state index contributed by atoms with van der Waals surface area (Å²) in [4.78, 5) is 23.9. The number of hydrogen-bond donors (Lipinski definition) is 1. The molecule has 1 aromatic heterocycles. The van der Waals surface area contributed by atoms with Crippen LogP contribution in [0.5, 0.6) is 0 Å². The van der Waals surface area contributed by atoms with E-state index in [-0.39, 0.29) is 18.2 Å². The average molecular weight is 303 g/mol. The minimum atomic E-state index is -0.563. The number of carbonyl (C=O) groups excluding carboxylic acids is 2. The zero-order chi connectivity index (χ0) is 16.3. The normalized spacial score (nSPS) is 12.9. The van der Waals surface area contributed by atoms with Crippen molar-refractivity contribution < 1.29 is 18.7 Å². The second kappa shape index (κ2) is 6.22. The van der Waals surface area contributed by atoms with E-state index in [1.54, 1.807) is 33.8 Å². The van der Waals surface area contributed by atoms with Gasteiger partial charge in [0.25, 0.3) is 0 Å². The molecule has 2 rings (SSSR count). The Labute approximate surface area is 129 Å². The van der Waals surface area contributed by atoms with Gasteiger partial charge in [0.1, 0.15) is 11.2 Å². The minimum absolute atomic E-state index is 0.152. The molecule has 22 heavy (non-hydrogen) atoms. The zero-order valence-corrected chi connectivity index (χ0v) is 13.3. The molecule has 0 saturated carbocycles. The Morgan fingerprint density at radius 1 is 1.27 bits per heavy atom. The lowest BCUT2D eigenvalue weighted by Gasteiger charge is -2.21. The number of furan rings is 1. The number of alkyl carbamates (subject to hydrolysis) is 1. The molecule has 0 fully saturated rings. The summed E-state index contributed by atoms with van der Waals surface area (Å²) < 4.78 is 10.7. The highest BCUT2D eigenvalue weighted by Gasteiger charge is 2.20. The fourth-order valence-electron chi connectivity index (χ4n) is 2.06. The molecular weight excluding hydrogens is 282 g/mol. The smallest absolute Gasteiger partial charge is 0.407 e. The summed E-state index contributed by atoms with van der Waals surface area (Å²) in [5.41, 5.74) is 0.116. The third kappa shape index (κ3) is 4.35. The van der Waals surface area contributed by atoms with Crippen molar-refractivity contribution in [3.8, 4) is 0 Å². The number of ether oxygens (including phenoxy) is 1. The second-order valence-corrected chi connectivity index (χ2v) is 6.32. The van der Waals surface area contributed by atoms with E-state index in [0.29, 0.717) is 11.3 Å². The summed E-state index contributed by atoms with van der Waals surface area (Å²) in [5.74, 6) is 0.152. The topological polar surface area (TPSA) is 68.5 Å². The first-order valence-electron chi connectivity index (χ1n) is 7.26. The lowest BCUT2D eigenvalue weighted by Crippen LogP contribution is -2.38. The number of ketones is 1. The molecule has 118 valence electrons. The molecule has 0 radical (unpaired) electrons. The summed E-state index contributed by atoms with van der Waals surface area (Å²) in [6, 6.07) is 8.83. The number of rotatable bonds is 4. The van der Waals surface area contributed by atoms with E-state index in [2.05, 4.69) is 5.32 Å². The van der Waals surface area contributed by atoms with Crippen molar-refractivity contribution in [2.75, 3.05) is 0 Å². The highest BCUT2D eigenvalue weighted by Crippen LogP contribution is 2.20. The van der Waals surface area contributed by atoms with Gasteiger partial charge in [-0.3, -0.25) is 4.79 Å². The highest BCUT2D eigenvalue weighted by atomic mass is 16.6. The number of hydrogen-bond acceptors (Lipinski definition) is 4. The first-order chi connectivity index (χ1) is 10.2. The maximum atomic E-state index is 12.2. The van der Waals surface area contributed by atoms with Crippen molar-refractivity contribution in [3.05, 3.63) is 36.1 Å². The molecule has 5 nitrogen and oxygen atoms in total. The van der Waals surface area contributed by atoms with Crippen LogP contribution in [0.4, 0.5) is 4.79 Å². The molecule has 1 atom stereocenters. The van der Waals surface area contributed by atoms with Gasteiger partial charge in [-0.25, -0.2) is 4.79 Å². The number of fused-ring (bicyclic) bond motifs is 1. The monoisotopic (exact) mass is 303 g/mol. The molecule has 1 aromatic carbocycles. The Kier molecular flexibility index (Phi) is 4.54. The molecule has 1 N–H and O–H groups in total. The molecule has 1 unspecified atom stereocenters. The van der Waals surface area contributed by atoms with Crippen molar-refractivity contribution in [3.63, 3.8) is 0 Å². The highest BCUT2D eigenvalue weighted by molar-refractivity contribution is 5.98. The lowest BCUT2D eigenvalue weighted by atomic mass is 10.1. The molecule has 0 aliphatic heterocycles. The molecule has 0 aliphatic rings. The number of Topliss-reactive ketones (excluding diaryl/α,β-unsaturated/α-hetero) is 1. The Bertz CT molecular complexity index is 648. The summed E-state index contributed by atoms with van der Waals surface area (Å²) >= 11 is 0. The largest absolute Gasteiger partial charge is 0.453 e. The number of benzene rings is 1. The fraction of sp³-hybridized carbons (Fsp3) is 0.412. The van der Waals surface area contributed by atoms with E-state index in [1.165, 1.54) is 0 Å². The predicted molar refractivity (Wildman–Crippen MR) is 84.0 cm³/mol. The summed E-state index contributed by atoms with van der Waals surface area (Å²) in [6.07, 6.45) is -0.378.